The van der Waals surface area contributed by atoms with Gasteiger partial charge in [0, 0.05) is 12.5 Å². The Morgan fingerprint density at radius 1 is 1.19 bits per heavy atom. The number of hydrogen-bond donors (Lipinski definition) is 2. The highest BCUT2D eigenvalue weighted by Gasteiger charge is 2.15. The van der Waals surface area contributed by atoms with E-state index >= 15 is 0 Å². The summed E-state index contributed by atoms with van der Waals surface area (Å²) in [6.07, 6.45) is 0.817. The number of hydrogen-bond acceptors (Lipinski definition) is 5. The van der Waals surface area contributed by atoms with E-state index in [2.05, 4.69) is 10.3 Å². The van der Waals surface area contributed by atoms with Crippen LogP contribution in [-0.2, 0) is 6.54 Å². The van der Waals surface area contributed by atoms with Crippen LogP contribution in [0.3, 0.4) is 0 Å². The van der Waals surface area contributed by atoms with Crippen molar-refractivity contribution >= 4 is 23.2 Å². The van der Waals surface area contributed by atoms with Gasteiger partial charge in [0.2, 0.25) is 0 Å². The number of fused-ring (bicyclic) bond motifs is 1. The Balaban J connectivity index is 1.74. The highest BCUT2D eigenvalue weighted by molar-refractivity contribution is 6.32. The molecule has 8 heteroatoms. The predicted octanol–water partition coefficient (Wildman–Crippen LogP) is 3.45. The van der Waals surface area contributed by atoms with E-state index in [-0.39, 0.29) is 5.96 Å². The SMILES string of the molecule is COc1ccc(OC)c(NC(N)=NCc2cc(Cl)c3c(c2)OCCCO3)c1. The van der Waals surface area contributed by atoms with Crippen LogP contribution in [0.2, 0.25) is 5.02 Å². The first-order valence-corrected chi connectivity index (χ1v) is 8.85. The topological polar surface area (TPSA) is 87.3 Å². The molecule has 0 amide bonds. The minimum atomic E-state index is 0.241. The van der Waals surface area contributed by atoms with Gasteiger partial charge in [-0.05, 0) is 29.8 Å². The number of guanidine groups is 1. The summed E-state index contributed by atoms with van der Waals surface area (Å²) >= 11 is 6.31. The van der Waals surface area contributed by atoms with Crippen molar-refractivity contribution < 1.29 is 18.9 Å². The molecule has 3 rings (SSSR count). The normalized spacial score (nSPS) is 13.7. The summed E-state index contributed by atoms with van der Waals surface area (Å²) in [4.78, 5) is 4.37. The molecule has 0 atom stereocenters. The molecule has 0 spiro atoms. The minimum Gasteiger partial charge on any atom is -0.497 e. The van der Waals surface area contributed by atoms with E-state index in [1.54, 1.807) is 38.5 Å². The molecule has 0 aromatic heterocycles. The third-order valence-electron chi connectivity index (χ3n) is 3.96. The molecular weight excluding hydrogens is 370 g/mol. The second-order valence-corrected chi connectivity index (χ2v) is 6.26. The molecule has 1 aliphatic rings. The number of nitrogens with two attached hydrogens (primary N) is 1. The predicted molar refractivity (Wildman–Crippen MR) is 106 cm³/mol. The Labute approximate surface area is 163 Å². The molecule has 0 bridgehead atoms. The van der Waals surface area contributed by atoms with E-state index in [1.807, 2.05) is 6.07 Å². The molecular formula is C19H22ClN3O4. The van der Waals surface area contributed by atoms with Gasteiger partial charge in [0.1, 0.15) is 11.5 Å². The number of rotatable bonds is 5. The molecule has 0 saturated heterocycles. The first-order chi connectivity index (χ1) is 13.1. The quantitative estimate of drug-likeness (QED) is 0.599. The summed E-state index contributed by atoms with van der Waals surface area (Å²) in [5, 5.41) is 3.53. The van der Waals surface area contributed by atoms with Crippen LogP contribution in [0.1, 0.15) is 12.0 Å². The van der Waals surface area contributed by atoms with Crippen LogP contribution in [0.4, 0.5) is 5.69 Å². The third kappa shape index (κ3) is 4.68. The minimum absolute atomic E-state index is 0.241. The van der Waals surface area contributed by atoms with E-state index in [0.717, 1.165) is 12.0 Å². The Morgan fingerprint density at radius 3 is 2.78 bits per heavy atom. The molecule has 1 heterocycles. The number of ether oxygens (including phenoxy) is 4. The monoisotopic (exact) mass is 391 g/mol. The summed E-state index contributed by atoms with van der Waals surface area (Å²) in [7, 11) is 3.18. The van der Waals surface area contributed by atoms with Gasteiger partial charge < -0.3 is 30.0 Å². The van der Waals surface area contributed by atoms with Crippen LogP contribution in [-0.4, -0.2) is 33.4 Å². The number of halogens is 1. The van der Waals surface area contributed by atoms with Gasteiger partial charge in [0.05, 0.1) is 44.7 Å². The van der Waals surface area contributed by atoms with Gasteiger partial charge in [0.25, 0.3) is 0 Å². The maximum atomic E-state index is 6.31. The molecule has 144 valence electrons. The zero-order valence-corrected chi connectivity index (χ0v) is 16.0. The van der Waals surface area contributed by atoms with Crippen molar-refractivity contribution in [3.8, 4) is 23.0 Å². The fourth-order valence-electron chi connectivity index (χ4n) is 2.64. The number of methoxy groups -OCH3 is 2. The van der Waals surface area contributed by atoms with E-state index in [9.17, 15) is 0 Å². The molecule has 0 fully saturated rings. The van der Waals surface area contributed by atoms with Gasteiger partial charge in [0.15, 0.2) is 17.5 Å². The molecule has 7 nitrogen and oxygen atoms in total. The molecule has 3 N–H and O–H groups in total. The van der Waals surface area contributed by atoms with Crippen molar-refractivity contribution in [3.63, 3.8) is 0 Å². The number of anilines is 1. The van der Waals surface area contributed by atoms with Gasteiger partial charge >= 0.3 is 0 Å². The van der Waals surface area contributed by atoms with Gasteiger partial charge in [-0.15, -0.1) is 0 Å². The van der Waals surface area contributed by atoms with Crippen LogP contribution in [0, 0.1) is 0 Å². The first kappa shape index (κ1) is 19.0. The number of nitrogens with zero attached hydrogens (tertiary/aromatic N) is 1. The van der Waals surface area contributed by atoms with Crippen LogP contribution in [0.15, 0.2) is 35.3 Å². The average Bonchev–Trinajstić information content (AvgIpc) is 2.92. The highest BCUT2D eigenvalue weighted by Crippen LogP contribution is 2.38. The Morgan fingerprint density at radius 2 is 2.00 bits per heavy atom. The van der Waals surface area contributed by atoms with Crippen molar-refractivity contribution in [1.29, 1.82) is 0 Å². The van der Waals surface area contributed by atoms with Crippen LogP contribution < -0.4 is 30.0 Å². The van der Waals surface area contributed by atoms with Crippen LogP contribution in [0.5, 0.6) is 23.0 Å². The molecule has 2 aromatic carbocycles. The lowest BCUT2D eigenvalue weighted by Gasteiger charge is -2.13. The maximum Gasteiger partial charge on any atom is 0.193 e. The lowest BCUT2D eigenvalue weighted by Crippen LogP contribution is -2.23. The molecule has 0 saturated carbocycles. The van der Waals surface area contributed by atoms with Gasteiger partial charge in [-0.3, -0.25) is 0 Å². The third-order valence-corrected chi connectivity index (χ3v) is 4.24. The number of benzene rings is 2. The van der Waals surface area contributed by atoms with E-state index < -0.39 is 0 Å². The van der Waals surface area contributed by atoms with Crippen molar-refractivity contribution in [2.24, 2.45) is 10.7 Å². The molecule has 27 heavy (non-hydrogen) atoms. The summed E-state index contributed by atoms with van der Waals surface area (Å²) in [6, 6.07) is 9.05. The molecule has 0 aliphatic carbocycles. The summed E-state index contributed by atoms with van der Waals surface area (Å²) in [5.74, 6) is 2.76. The fourth-order valence-corrected chi connectivity index (χ4v) is 2.93. The lowest BCUT2D eigenvalue weighted by atomic mass is 10.2. The summed E-state index contributed by atoms with van der Waals surface area (Å²) in [6.45, 7) is 1.51. The smallest absolute Gasteiger partial charge is 0.193 e. The Hall–Kier alpha value is -2.80. The van der Waals surface area contributed by atoms with Crippen molar-refractivity contribution in [3.05, 3.63) is 40.9 Å². The average molecular weight is 392 g/mol. The zero-order chi connectivity index (χ0) is 19.2. The molecule has 1 aliphatic heterocycles. The van der Waals surface area contributed by atoms with Crippen LogP contribution >= 0.6 is 11.6 Å². The zero-order valence-electron chi connectivity index (χ0n) is 15.3. The van der Waals surface area contributed by atoms with Gasteiger partial charge in [-0.1, -0.05) is 11.6 Å². The Bertz CT molecular complexity index is 842. The summed E-state index contributed by atoms with van der Waals surface area (Å²) < 4.78 is 21.9. The summed E-state index contributed by atoms with van der Waals surface area (Å²) in [5.41, 5.74) is 7.55. The number of aliphatic imine (C=N–C) groups is 1. The van der Waals surface area contributed by atoms with Crippen molar-refractivity contribution in [2.45, 2.75) is 13.0 Å². The second kappa shape index (κ2) is 8.73. The van der Waals surface area contributed by atoms with Gasteiger partial charge in [-0.2, -0.15) is 0 Å². The van der Waals surface area contributed by atoms with Crippen molar-refractivity contribution in [2.75, 3.05) is 32.8 Å². The van der Waals surface area contributed by atoms with E-state index in [1.165, 1.54) is 0 Å². The first-order valence-electron chi connectivity index (χ1n) is 8.47. The van der Waals surface area contributed by atoms with Crippen molar-refractivity contribution in [1.82, 2.24) is 0 Å². The molecule has 0 radical (unpaired) electrons. The Kier molecular flexibility index (Phi) is 6.13. The molecule has 2 aromatic rings. The largest absolute Gasteiger partial charge is 0.497 e. The van der Waals surface area contributed by atoms with E-state index in [0.29, 0.717) is 53.5 Å². The van der Waals surface area contributed by atoms with Gasteiger partial charge in [-0.25, -0.2) is 4.99 Å². The van der Waals surface area contributed by atoms with E-state index in [4.69, 9.17) is 36.3 Å². The second-order valence-electron chi connectivity index (χ2n) is 5.85. The fraction of sp³-hybridized carbons (Fsp3) is 0.316. The lowest BCUT2D eigenvalue weighted by molar-refractivity contribution is 0.297. The highest BCUT2D eigenvalue weighted by atomic mass is 35.5. The number of nitrogens with one attached hydrogen (secondary N) is 1. The standard InChI is InChI=1S/C19H22ClN3O4/c1-24-13-4-5-16(25-2)15(10-13)23-19(21)22-11-12-8-14(20)18-17(9-12)26-6-3-7-27-18/h4-5,8-10H,3,6-7,11H2,1-2H3,(H3,21,22,23). The van der Waals surface area contributed by atoms with Crippen LogP contribution in [0.25, 0.3) is 0 Å². The molecule has 0 unspecified atom stereocenters. The maximum absolute atomic E-state index is 6.31.